The second-order valence-electron chi connectivity index (χ2n) is 4.99. The van der Waals surface area contributed by atoms with Gasteiger partial charge in [-0.1, -0.05) is 6.07 Å². The normalized spacial score (nSPS) is 10.3. The van der Waals surface area contributed by atoms with Crippen molar-refractivity contribution in [3.05, 3.63) is 83.9 Å². The summed E-state index contributed by atoms with van der Waals surface area (Å²) in [6.07, 6.45) is 5.68. The number of rotatable bonds is 5. The van der Waals surface area contributed by atoms with E-state index in [1.54, 1.807) is 6.20 Å². The molecule has 0 radical (unpaired) electrons. The molecule has 0 aliphatic heterocycles. The van der Waals surface area contributed by atoms with E-state index in [4.69, 9.17) is 5.26 Å². The predicted molar refractivity (Wildman–Crippen MR) is 85.3 cm³/mol. The minimum atomic E-state index is 0.673. The van der Waals surface area contributed by atoms with Gasteiger partial charge >= 0.3 is 0 Å². The molecular weight excluding hydrogens is 272 g/mol. The van der Waals surface area contributed by atoms with Gasteiger partial charge in [-0.3, -0.25) is 4.98 Å². The first kappa shape index (κ1) is 14.1. The molecular formula is C18H16N4. The lowest BCUT2D eigenvalue weighted by atomic mass is 10.2. The summed E-state index contributed by atoms with van der Waals surface area (Å²) < 4.78 is 2.12. The molecule has 0 atom stereocenters. The molecule has 4 nitrogen and oxygen atoms in total. The van der Waals surface area contributed by atoms with Crippen molar-refractivity contribution in [2.75, 3.05) is 0 Å². The van der Waals surface area contributed by atoms with Crippen molar-refractivity contribution in [1.82, 2.24) is 14.9 Å². The van der Waals surface area contributed by atoms with Crippen molar-refractivity contribution in [2.45, 2.75) is 13.1 Å². The van der Waals surface area contributed by atoms with Gasteiger partial charge in [0.2, 0.25) is 0 Å². The maximum absolute atomic E-state index is 8.87. The Morgan fingerprint density at radius 2 is 1.91 bits per heavy atom. The van der Waals surface area contributed by atoms with Crippen molar-refractivity contribution in [3.8, 4) is 11.8 Å². The summed E-state index contributed by atoms with van der Waals surface area (Å²) in [5, 5.41) is 12.3. The summed E-state index contributed by atoms with van der Waals surface area (Å²) in [5.74, 6) is 0. The molecule has 0 aliphatic rings. The molecule has 4 heteroatoms. The topological polar surface area (TPSA) is 53.6 Å². The minimum Gasteiger partial charge on any atom is -0.320 e. The largest absolute Gasteiger partial charge is 0.320 e. The molecule has 108 valence electrons. The number of benzene rings is 1. The highest BCUT2D eigenvalue weighted by Crippen LogP contribution is 2.13. The highest BCUT2D eigenvalue weighted by molar-refractivity contribution is 5.41. The van der Waals surface area contributed by atoms with E-state index in [2.05, 4.69) is 33.1 Å². The quantitative estimate of drug-likeness (QED) is 0.785. The molecule has 0 spiro atoms. The van der Waals surface area contributed by atoms with Gasteiger partial charge in [0, 0.05) is 43.1 Å². The molecule has 1 aromatic carbocycles. The van der Waals surface area contributed by atoms with E-state index >= 15 is 0 Å². The third kappa shape index (κ3) is 3.22. The fourth-order valence-corrected chi connectivity index (χ4v) is 2.35. The number of nitrogens with one attached hydrogen (secondary N) is 1. The van der Waals surface area contributed by atoms with Crippen LogP contribution < -0.4 is 5.32 Å². The van der Waals surface area contributed by atoms with E-state index in [0.29, 0.717) is 5.56 Å². The summed E-state index contributed by atoms with van der Waals surface area (Å²) in [6, 6.07) is 17.8. The molecule has 0 amide bonds. The van der Waals surface area contributed by atoms with Gasteiger partial charge in [-0.05, 0) is 48.0 Å². The zero-order valence-electron chi connectivity index (χ0n) is 12.1. The molecule has 2 aromatic heterocycles. The monoisotopic (exact) mass is 288 g/mol. The fourth-order valence-electron chi connectivity index (χ4n) is 2.35. The van der Waals surface area contributed by atoms with Crippen molar-refractivity contribution >= 4 is 0 Å². The standard InChI is InChI=1S/C18H16N4/c19-11-15-5-7-17(8-6-15)22-10-2-4-18(22)14-21-13-16-3-1-9-20-12-16/h1-10,12,21H,13-14H2. The van der Waals surface area contributed by atoms with Crippen LogP contribution in [0.3, 0.4) is 0 Å². The third-order valence-corrected chi connectivity index (χ3v) is 3.47. The van der Waals surface area contributed by atoms with E-state index in [1.807, 2.05) is 48.8 Å². The molecule has 1 N–H and O–H groups in total. The smallest absolute Gasteiger partial charge is 0.0991 e. The lowest BCUT2D eigenvalue weighted by Crippen LogP contribution is -2.15. The molecule has 0 unspecified atom stereocenters. The minimum absolute atomic E-state index is 0.673. The van der Waals surface area contributed by atoms with E-state index in [0.717, 1.165) is 18.8 Å². The van der Waals surface area contributed by atoms with Crippen LogP contribution in [0.2, 0.25) is 0 Å². The number of nitrogens with zero attached hydrogens (tertiary/aromatic N) is 3. The second-order valence-corrected chi connectivity index (χ2v) is 4.99. The summed E-state index contributed by atoms with van der Waals surface area (Å²) in [6.45, 7) is 1.55. The van der Waals surface area contributed by atoms with Crippen molar-refractivity contribution in [1.29, 1.82) is 5.26 Å². The van der Waals surface area contributed by atoms with Gasteiger partial charge in [-0.25, -0.2) is 0 Å². The van der Waals surface area contributed by atoms with Crippen LogP contribution >= 0.6 is 0 Å². The first-order valence-corrected chi connectivity index (χ1v) is 7.13. The van der Waals surface area contributed by atoms with Crippen LogP contribution in [0, 0.1) is 11.3 Å². The Morgan fingerprint density at radius 3 is 2.64 bits per heavy atom. The fraction of sp³-hybridized carbons (Fsp3) is 0.111. The maximum atomic E-state index is 8.87. The van der Waals surface area contributed by atoms with Crippen LogP contribution in [-0.2, 0) is 13.1 Å². The van der Waals surface area contributed by atoms with Gasteiger partial charge in [0.15, 0.2) is 0 Å². The summed E-state index contributed by atoms with van der Waals surface area (Å²) >= 11 is 0. The summed E-state index contributed by atoms with van der Waals surface area (Å²) in [7, 11) is 0. The van der Waals surface area contributed by atoms with Crippen LogP contribution in [0.25, 0.3) is 5.69 Å². The highest BCUT2D eigenvalue weighted by Gasteiger charge is 2.03. The summed E-state index contributed by atoms with van der Waals surface area (Å²) in [5.41, 5.74) is 4.07. The molecule has 0 saturated carbocycles. The molecule has 0 bridgehead atoms. The Balaban J connectivity index is 1.68. The average molecular weight is 288 g/mol. The zero-order chi connectivity index (χ0) is 15.2. The van der Waals surface area contributed by atoms with E-state index < -0.39 is 0 Å². The first-order valence-electron chi connectivity index (χ1n) is 7.13. The summed E-state index contributed by atoms with van der Waals surface area (Å²) in [4.78, 5) is 4.11. The van der Waals surface area contributed by atoms with Crippen molar-refractivity contribution in [2.24, 2.45) is 0 Å². The molecule has 22 heavy (non-hydrogen) atoms. The predicted octanol–water partition coefficient (Wildman–Crippen LogP) is 3.03. The van der Waals surface area contributed by atoms with Gasteiger partial charge < -0.3 is 9.88 Å². The highest BCUT2D eigenvalue weighted by atomic mass is 15.0. The molecule has 3 rings (SSSR count). The molecule has 0 saturated heterocycles. The van der Waals surface area contributed by atoms with E-state index in [1.165, 1.54) is 11.3 Å². The maximum Gasteiger partial charge on any atom is 0.0991 e. The first-order chi connectivity index (χ1) is 10.9. The lowest BCUT2D eigenvalue weighted by Gasteiger charge is -2.10. The van der Waals surface area contributed by atoms with Crippen LogP contribution in [0.4, 0.5) is 0 Å². The number of pyridine rings is 1. The molecule has 0 aliphatic carbocycles. The Morgan fingerprint density at radius 1 is 1.05 bits per heavy atom. The van der Waals surface area contributed by atoms with Gasteiger partial charge in [0.1, 0.15) is 0 Å². The second kappa shape index (κ2) is 6.70. The van der Waals surface area contributed by atoms with Crippen molar-refractivity contribution < 1.29 is 0 Å². The zero-order valence-corrected chi connectivity index (χ0v) is 12.1. The van der Waals surface area contributed by atoms with Crippen LogP contribution in [0.5, 0.6) is 0 Å². The molecule has 2 heterocycles. The van der Waals surface area contributed by atoms with Crippen LogP contribution in [-0.4, -0.2) is 9.55 Å². The van der Waals surface area contributed by atoms with Crippen LogP contribution in [0.1, 0.15) is 16.8 Å². The number of hydrogen-bond acceptors (Lipinski definition) is 3. The van der Waals surface area contributed by atoms with Gasteiger partial charge in [-0.2, -0.15) is 5.26 Å². The lowest BCUT2D eigenvalue weighted by molar-refractivity contribution is 0.668. The number of hydrogen-bond donors (Lipinski definition) is 1. The number of aromatic nitrogens is 2. The van der Waals surface area contributed by atoms with Gasteiger partial charge in [-0.15, -0.1) is 0 Å². The average Bonchev–Trinajstić information content (AvgIpc) is 3.04. The van der Waals surface area contributed by atoms with E-state index in [9.17, 15) is 0 Å². The Hall–Kier alpha value is -2.90. The third-order valence-electron chi connectivity index (χ3n) is 3.47. The molecule has 0 fully saturated rings. The van der Waals surface area contributed by atoms with Gasteiger partial charge in [0.05, 0.1) is 11.6 Å². The van der Waals surface area contributed by atoms with Gasteiger partial charge in [0.25, 0.3) is 0 Å². The Labute approximate surface area is 129 Å². The molecule has 3 aromatic rings. The Kier molecular flexibility index (Phi) is 4.28. The van der Waals surface area contributed by atoms with Crippen molar-refractivity contribution in [3.63, 3.8) is 0 Å². The SMILES string of the molecule is N#Cc1ccc(-n2cccc2CNCc2cccnc2)cc1. The van der Waals surface area contributed by atoms with E-state index in [-0.39, 0.29) is 0 Å². The van der Waals surface area contributed by atoms with Crippen LogP contribution in [0.15, 0.2) is 67.1 Å². The Bertz CT molecular complexity index is 767. The number of nitriles is 1.